The summed E-state index contributed by atoms with van der Waals surface area (Å²) in [7, 11) is 0. The van der Waals surface area contributed by atoms with Gasteiger partial charge in [-0.15, -0.1) is 0 Å². The second kappa shape index (κ2) is 6.60. The average Bonchev–Trinajstić information content (AvgIpc) is 3.18. The summed E-state index contributed by atoms with van der Waals surface area (Å²) in [6.45, 7) is 4.97. The maximum absolute atomic E-state index is 12.0. The number of aryl methyl sites for hydroxylation is 3. The molecule has 1 aromatic heterocycles. The smallest absolute Gasteiger partial charge is 0.323 e. The van der Waals surface area contributed by atoms with Gasteiger partial charge in [0.25, 0.3) is 0 Å². The third kappa shape index (κ3) is 4.47. The van der Waals surface area contributed by atoms with Gasteiger partial charge in [0.2, 0.25) is 0 Å². The number of nitrogens with zero attached hydrogens (tertiary/aromatic N) is 3. The van der Waals surface area contributed by atoms with E-state index in [-0.39, 0.29) is 18.6 Å². The highest BCUT2D eigenvalue weighted by atomic mass is 16.4. The summed E-state index contributed by atoms with van der Waals surface area (Å²) >= 11 is 0. The lowest BCUT2D eigenvalue weighted by molar-refractivity contribution is -0.137. The number of rotatable bonds is 7. The first-order valence-corrected chi connectivity index (χ1v) is 7.24. The third-order valence-corrected chi connectivity index (χ3v) is 3.48. The number of aliphatic carboxylic acids is 1. The van der Waals surface area contributed by atoms with Gasteiger partial charge in [-0.1, -0.05) is 0 Å². The highest BCUT2D eigenvalue weighted by molar-refractivity contribution is 5.80. The molecule has 0 unspecified atom stereocenters. The van der Waals surface area contributed by atoms with Crippen molar-refractivity contribution in [2.24, 2.45) is 0 Å². The summed E-state index contributed by atoms with van der Waals surface area (Å²) in [4.78, 5) is 24.1. The van der Waals surface area contributed by atoms with Gasteiger partial charge in [-0.25, -0.2) is 4.79 Å². The number of urea groups is 1. The van der Waals surface area contributed by atoms with Crippen LogP contribution in [0.4, 0.5) is 4.79 Å². The van der Waals surface area contributed by atoms with Crippen LogP contribution >= 0.6 is 0 Å². The lowest BCUT2D eigenvalue weighted by Crippen LogP contribution is -2.44. The molecule has 21 heavy (non-hydrogen) atoms. The Bertz CT molecular complexity index is 522. The van der Waals surface area contributed by atoms with Crippen molar-refractivity contribution in [3.05, 3.63) is 17.5 Å². The van der Waals surface area contributed by atoms with E-state index in [9.17, 15) is 9.59 Å². The van der Waals surface area contributed by atoms with Crippen LogP contribution in [0.1, 0.15) is 30.7 Å². The Hall–Kier alpha value is -2.05. The van der Waals surface area contributed by atoms with E-state index in [4.69, 9.17) is 5.11 Å². The van der Waals surface area contributed by atoms with Gasteiger partial charge in [-0.3, -0.25) is 9.48 Å². The highest BCUT2D eigenvalue weighted by Gasteiger charge is 2.33. The molecule has 116 valence electrons. The number of carboxylic acid groups (broad SMARTS) is 1. The predicted octanol–water partition coefficient (Wildman–Crippen LogP) is 1.15. The molecule has 2 amide bonds. The van der Waals surface area contributed by atoms with E-state index in [1.54, 1.807) is 0 Å². The summed E-state index contributed by atoms with van der Waals surface area (Å²) in [6, 6.07) is 1.82. The van der Waals surface area contributed by atoms with Crippen LogP contribution in [0.15, 0.2) is 6.07 Å². The molecule has 0 bridgehead atoms. The number of hydrogen-bond donors (Lipinski definition) is 2. The van der Waals surface area contributed by atoms with Gasteiger partial charge >= 0.3 is 12.0 Å². The molecule has 0 radical (unpaired) electrons. The molecular weight excluding hydrogens is 272 g/mol. The van der Waals surface area contributed by atoms with Crippen LogP contribution in [0.2, 0.25) is 0 Å². The molecular formula is C14H22N4O3. The molecule has 1 heterocycles. The van der Waals surface area contributed by atoms with Crippen molar-refractivity contribution in [3.8, 4) is 0 Å². The summed E-state index contributed by atoms with van der Waals surface area (Å²) < 4.78 is 1.91. The lowest BCUT2D eigenvalue weighted by atomic mass is 10.4. The Morgan fingerprint density at radius 1 is 1.48 bits per heavy atom. The Labute approximate surface area is 123 Å². The fourth-order valence-corrected chi connectivity index (χ4v) is 2.33. The molecule has 2 rings (SSSR count). The standard InChI is InChI=1S/C14H22N4O3/c1-10-8-11(2)18(16-10)7-3-6-15-14(21)17(9-13(19)20)12-4-5-12/h8,12H,3-7,9H2,1-2H3,(H,15,21)(H,19,20). The minimum absolute atomic E-state index is 0.0945. The lowest BCUT2D eigenvalue weighted by Gasteiger charge is -2.20. The van der Waals surface area contributed by atoms with Crippen molar-refractivity contribution < 1.29 is 14.7 Å². The second-order valence-corrected chi connectivity index (χ2v) is 5.49. The summed E-state index contributed by atoms with van der Waals surface area (Å²) in [5.74, 6) is -0.973. The Kier molecular flexibility index (Phi) is 4.82. The summed E-state index contributed by atoms with van der Waals surface area (Å²) in [5.41, 5.74) is 2.09. The first-order chi connectivity index (χ1) is 9.97. The fourth-order valence-electron chi connectivity index (χ4n) is 2.33. The van der Waals surface area contributed by atoms with E-state index in [0.29, 0.717) is 6.54 Å². The van der Waals surface area contributed by atoms with Crippen molar-refractivity contribution in [3.63, 3.8) is 0 Å². The van der Waals surface area contributed by atoms with Gasteiger partial charge in [-0.05, 0) is 39.2 Å². The van der Waals surface area contributed by atoms with Crippen LogP contribution in [-0.4, -0.2) is 50.9 Å². The molecule has 1 saturated carbocycles. The summed E-state index contributed by atoms with van der Waals surface area (Å²) in [6.07, 6.45) is 2.55. The number of nitrogens with one attached hydrogen (secondary N) is 1. The van der Waals surface area contributed by atoms with Crippen LogP contribution in [0, 0.1) is 13.8 Å². The van der Waals surface area contributed by atoms with E-state index >= 15 is 0 Å². The number of carbonyl (C=O) groups is 2. The van der Waals surface area contributed by atoms with Crippen molar-refractivity contribution in [2.45, 2.75) is 45.7 Å². The molecule has 0 atom stereocenters. The molecule has 0 spiro atoms. The van der Waals surface area contributed by atoms with Crippen LogP contribution in [-0.2, 0) is 11.3 Å². The quantitative estimate of drug-likeness (QED) is 0.738. The largest absolute Gasteiger partial charge is 0.480 e. The average molecular weight is 294 g/mol. The van der Waals surface area contributed by atoms with Crippen LogP contribution in [0.25, 0.3) is 0 Å². The Morgan fingerprint density at radius 3 is 2.71 bits per heavy atom. The monoisotopic (exact) mass is 294 g/mol. The van der Waals surface area contributed by atoms with Crippen LogP contribution in [0.5, 0.6) is 0 Å². The summed E-state index contributed by atoms with van der Waals surface area (Å²) in [5, 5.41) is 16.0. The van der Waals surface area contributed by atoms with Gasteiger partial charge in [0, 0.05) is 24.8 Å². The van der Waals surface area contributed by atoms with Gasteiger partial charge in [0.1, 0.15) is 6.54 Å². The predicted molar refractivity (Wildman–Crippen MR) is 77.1 cm³/mol. The minimum Gasteiger partial charge on any atom is -0.480 e. The van der Waals surface area contributed by atoms with Crippen molar-refractivity contribution in [1.29, 1.82) is 0 Å². The third-order valence-electron chi connectivity index (χ3n) is 3.48. The molecule has 1 fully saturated rings. The fraction of sp³-hybridized carbons (Fsp3) is 0.643. The minimum atomic E-state index is -0.973. The SMILES string of the molecule is Cc1cc(C)n(CCCNC(=O)N(CC(=O)O)C2CC2)n1. The normalized spacial score (nSPS) is 14.0. The van der Waals surface area contributed by atoms with Crippen LogP contribution in [0.3, 0.4) is 0 Å². The molecule has 1 aliphatic rings. The van der Waals surface area contributed by atoms with Crippen molar-refractivity contribution in [2.75, 3.05) is 13.1 Å². The second-order valence-electron chi connectivity index (χ2n) is 5.49. The molecule has 0 aliphatic heterocycles. The maximum atomic E-state index is 12.0. The molecule has 0 aromatic carbocycles. The molecule has 1 aliphatic carbocycles. The molecule has 2 N–H and O–H groups in total. The Balaban J connectivity index is 1.73. The Morgan fingerprint density at radius 2 is 2.19 bits per heavy atom. The van der Waals surface area contributed by atoms with E-state index in [1.807, 2.05) is 24.6 Å². The highest BCUT2D eigenvalue weighted by Crippen LogP contribution is 2.26. The molecule has 7 heteroatoms. The number of carbonyl (C=O) groups excluding carboxylic acids is 1. The van der Waals surface area contributed by atoms with Crippen LogP contribution < -0.4 is 5.32 Å². The number of hydrogen-bond acceptors (Lipinski definition) is 3. The maximum Gasteiger partial charge on any atom is 0.323 e. The van der Waals surface area contributed by atoms with Gasteiger partial charge in [0.15, 0.2) is 0 Å². The zero-order chi connectivity index (χ0) is 15.4. The zero-order valence-electron chi connectivity index (χ0n) is 12.5. The van der Waals surface area contributed by atoms with Gasteiger partial charge < -0.3 is 15.3 Å². The molecule has 7 nitrogen and oxygen atoms in total. The van der Waals surface area contributed by atoms with E-state index in [2.05, 4.69) is 10.4 Å². The van der Waals surface area contributed by atoms with Gasteiger partial charge in [-0.2, -0.15) is 5.10 Å². The topological polar surface area (TPSA) is 87.5 Å². The van der Waals surface area contributed by atoms with E-state index < -0.39 is 5.97 Å². The van der Waals surface area contributed by atoms with Gasteiger partial charge in [0.05, 0.1) is 5.69 Å². The first-order valence-electron chi connectivity index (χ1n) is 7.24. The van der Waals surface area contributed by atoms with Crippen molar-refractivity contribution in [1.82, 2.24) is 20.0 Å². The number of carboxylic acids is 1. The van der Waals surface area contributed by atoms with Crippen molar-refractivity contribution >= 4 is 12.0 Å². The van der Waals surface area contributed by atoms with E-state index in [0.717, 1.165) is 37.2 Å². The number of amides is 2. The first kappa shape index (κ1) is 15.3. The molecule has 1 aromatic rings. The molecule has 0 saturated heterocycles. The zero-order valence-corrected chi connectivity index (χ0v) is 12.5. The number of aromatic nitrogens is 2. The van der Waals surface area contributed by atoms with E-state index in [1.165, 1.54) is 4.90 Å².